The first-order valence-electron chi connectivity index (χ1n) is 16.9. The number of unbranched alkanes of at least 4 members (excludes halogenated alkanes) is 4. The van der Waals surface area contributed by atoms with Crippen molar-refractivity contribution in [1.82, 2.24) is 0 Å². The van der Waals surface area contributed by atoms with E-state index < -0.39 is 0 Å². The Morgan fingerprint density at radius 1 is 0.913 bits per heavy atom. The third-order valence-corrected chi connectivity index (χ3v) is 9.36. The molecule has 4 nitrogen and oxygen atoms in total. The van der Waals surface area contributed by atoms with E-state index in [0.29, 0.717) is 5.25 Å². The van der Waals surface area contributed by atoms with Crippen molar-refractivity contribution in [1.29, 1.82) is 0 Å². The summed E-state index contributed by atoms with van der Waals surface area (Å²) in [6.45, 7) is 15.4. The summed E-state index contributed by atoms with van der Waals surface area (Å²) in [7, 11) is 0. The highest BCUT2D eigenvalue weighted by atomic mass is 32.2. The van der Waals surface area contributed by atoms with Crippen LogP contribution in [-0.4, -0.2) is 28.1 Å². The Balaban J connectivity index is 0.000000507. The molecule has 254 valence electrons. The molecule has 1 unspecified atom stereocenters. The van der Waals surface area contributed by atoms with Crippen molar-refractivity contribution in [2.75, 3.05) is 6.26 Å². The van der Waals surface area contributed by atoms with Gasteiger partial charge in [0.15, 0.2) is 11.5 Å². The molecule has 0 aromatic heterocycles. The maximum absolute atomic E-state index is 10.6. The lowest BCUT2D eigenvalue weighted by Crippen LogP contribution is -2.25. The quantitative estimate of drug-likeness (QED) is 0.0934. The van der Waals surface area contributed by atoms with Crippen molar-refractivity contribution < 1.29 is 15.0 Å². The van der Waals surface area contributed by atoms with Gasteiger partial charge in [0, 0.05) is 16.2 Å². The molecule has 0 spiro atoms. The number of nitrogens with two attached hydrogens (primary N) is 1. The number of aryl methyl sites for hydroxylation is 3. The number of primary amides is 1. The SMILES string of the molecule is CCCCCCC.CSC1C=C[C@](C)(c2cc(CCc3ccc(C(C)(C)C)cc3)cc(O)c2O)CC1.Cc1ccccc1.NC=O. The van der Waals surface area contributed by atoms with E-state index in [2.05, 4.69) is 115 Å². The Labute approximate surface area is 284 Å². The second kappa shape index (κ2) is 21.6. The zero-order valence-corrected chi connectivity index (χ0v) is 30.6. The Morgan fingerprint density at radius 2 is 1.48 bits per heavy atom. The molecule has 0 fully saturated rings. The van der Waals surface area contributed by atoms with Crippen molar-refractivity contribution in [3.63, 3.8) is 0 Å². The molecule has 3 aromatic carbocycles. The Hall–Kier alpha value is -3.18. The summed E-state index contributed by atoms with van der Waals surface area (Å²) in [6, 6.07) is 22.9. The normalized spacial score (nSPS) is 16.9. The summed E-state index contributed by atoms with van der Waals surface area (Å²) in [5.74, 6) is 0.0141. The molecule has 0 saturated carbocycles. The van der Waals surface area contributed by atoms with Crippen molar-refractivity contribution in [3.05, 3.63) is 107 Å². The highest BCUT2D eigenvalue weighted by molar-refractivity contribution is 7.99. The average Bonchev–Trinajstić information content (AvgIpc) is 3.03. The van der Waals surface area contributed by atoms with Crippen LogP contribution in [0.3, 0.4) is 0 Å². The summed E-state index contributed by atoms with van der Waals surface area (Å²) in [5, 5.41) is 21.5. The third-order valence-electron chi connectivity index (χ3n) is 8.36. The van der Waals surface area contributed by atoms with Gasteiger partial charge in [-0.15, -0.1) is 0 Å². The molecule has 1 aliphatic rings. The number of carbonyl (C=O) groups is 1. The smallest absolute Gasteiger partial charge is 0.204 e. The standard InChI is InChI=1S/C26H34O2S.C7H8.C7H16.CH3NO/c1-25(2,3)20-10-8-18(9-11-20)6-7-19-16-22(24(28)23(27)17-19)26(4)14-12-21(29-5)13-15-26;1-7-5-3-2-4-6-7;1-3-5-7-6-4-2;2-1-3/h8-12,14,16-17,21,27-28H,6-7,13,15H2,1-5H3;2-6H,1H3;3-7H2,1-2H3;1H,(H2,2,3)/t21?,26-;;;/m0.../s1. The van der Waals surface area contributed by atoms with Crippen LogP contribution in [0.25, 0.3) is 0 Å². The van der Waals surface area contributed by atoms with Gasteiger partial charge in [0.2, 0.25) is 6.41 Å². The summed E-state index contributed by atoms with van der Waals surface area (Å²) >= 11 is 1.86. The molecule has 0 aliphatic heterocycles. The predicted octanol–water partition coefficient (Wildman–Crippen LogP) is 10.6. The number of rotatable bonds is 9. The number of thioether (sulfide) groups is 1. The summed E-state index contributed by atoms with van der Waals surface area (Å²) < 4.78 is 0. The molecule has 2 atom stereocenters. The fourth-order valence-electron chi connectivity index (χ4n) is 5.29. The van der Waals surface area contributed by atoms with Gasteiger partial charge < -0.3 is 15.9 Å². The fraction of sp³-hybridized carbons (Fsp3) is 0.488. The lowest BCUT2D eigenvalue weighted by molar-refractivity contribution is -0.106. The Bertz CT molecular complexity index is 1280. The van der Waals surface area contributed by atoms with Crippen LogP contribution in [0.2, 0.25) is 0 Å². The second-order valence-corrected chi connectivity index (χ2v) is 14.5. The van der Waals surface area contributed by atoms with E-state index in [1.165, 1.54) is 48.8 Å². The van der Waals surface area contributed by atoms with Gasteiger partial charge in [-0.05, 0) is 67.0 Å². The summed E-state index contributed by atoms with van der Waals surface area (Å²) in [6.07, 6.45) is 17.6. The van der Waals surface area contributed by atoms with E-state index in [4.69, 9.17) is 4.79 Å². The van der Waals surface area contributed by atoms with Gasteiger partial charge in [0.1, 0.15) is 0 Å². The van der Waals surface area contributed by atoms with E-state index >= 15 is 0 Å². The van der Waals surface area contributed by atoms with E-state index in [-0.39, 0.29) is 28.7 Å². The number of amides is 1. The number of phenols is 2. The number of carbonyl (C=O) groups excluding carboxylic acids is 1. The Kier molecular flexibility index (Phi) is 19.2. The molecule has 4 N–H and O–H groups in total. The monoisotopic (exact) mass is 647 g/mol. The summed E-state index contributed by atoms with van der Waals surface area (Å²) in [5.41, 5.74) is 9.95. The molecule has 3 aromatic rings. The molecule has 46 heavy (non-hydrogen) atoms. The van der Waals surface area contributed by atoms with Gasteiger partial charge in [-0.1, -0.05) is 152 Å². The first kappa shape index (κ1) is 40.8. The average molecular weight is 648 g/mol. The number of allylic oxidation sites excluding steroid dienone is 1. The van der Waals surface area contributed by atoms with Crippen LogP contribution >= 0.6 is 11.8 Å². The van der Waals surface area contributed by atoms with Crippen LogP contribution in [0, 0.1) is 6.92 Å². The largest absolute Gasteiger partial charge is 0.504 e. The molecule has 0 heterocycles. The first-order chi connectivity index (χ1) is 21.8. The zero-order valence-electron chi connectivity index (χ0n) is 29.8. The van der Waals surface area contributed by atoms with Crippen molar-refractivity contribution >= 4 is 18.2 Å². The minimum Gasteiger partial charge on any atom is -0.504 e. The van der Waals surface area contributed by atoms with Gasteiger partial charge in [-0.25, -0.2) is 0 Å². The number of phenolic OH excluding ortho intramolecular Hbond substituents is 2. The lowest BCUT2D eigenvalue weighted by Gasteiger charge is -2.33. The minimum atomic E-state index is -0.238. The van der Waals surface area contributed by atoms with Gasteiger partial charge >= 0.3 is 0 Å². The maximum atomic E-state index is 10.6. The van der Waals surface area contributed by atoms with Crippen molar-refractivity contribution in [2.24, 2.45) is 5.73 Å². The van der Waals surface area contributed by atoms with E-state index in [1.54, 1.807) is 6.07 Å². The molecule has 4 rings (SSSR count). The molecular weight excluding hydrogens is 587 g/mol. The highest BCUT2D eigenvalue weighted by Crippen LogP contribution is 2.44. The number of hydrogen-bond acceptors (Lipinski definition) is 4. The second-order valence-electron chi connectivity index (χ2n) is 13.4. The van der Waals surface area contributed by atoms with E-state index in [9.17, 15) is 10.2 Å². The lowest BCUT2D eigenvalue weighted by atomic mass is 9.74. The van der Waals surface area contributed by atoms with Crippen LogP contribution in [0.15, 0.2) is 78.9 Å². The van der Waals surface area contributed by atoms with Crippen LogP contribution < -0.4 is 5.73 Å². The van der Waals surface area contributed by atoms with Gasteiger partial charge in [-0.3, -0.25) is 4.79 Å². The number of benzene rings is 3. The van der Waals surface area contributed by atoms with Gasteiger partial charge in [0.25, 0.3) is 0 Å². The molecular formula is C41H61NO3S. The molecule has 0 radical (unpaired) electrons. The van der Waals surface area contributed by atoms with Crippen LogP contribution in [0.4, 0.5) is 0 Å². The van der Waals surface area contributed by atoms with E-state index in [0.717, 1.165) is 36.8 Å². The minimum absolute atomic E-state index is 0.0119. The first-order valence-corrected chi connectivity index (χ1v) is 18.2. The maximum Gasteiger partial charge on any atom is 0.204 e. The third kappa shape index (κ3) is 14.9. The molecule has 1 aliphatic carbocycles. The van der Waals surface area contributed by atoms with Gasteiger partial charge in [0.05, 0.1) is 0 Å². The number of aromatic hydroxyl groups is 2. The Morgan fingerprint density at radius 3 is 1.91 bits per heavy atom. The van der Waals surface area contributed by atoms with Gasteiger partial charge in [-0.2, -0.15) is 11.8 Å². The zero-order chi connectivity index (χ0) is 34.6. The predicted molar refractivity (Wildman–Crippen MR) is 201 cm³/mol. The number of hydrogen-bond donors (Lipinski definition) is 3. The van der Waals surface area contributed by atoms with E-state index in [1.807, 2.05) is 30.0 Å². The van der Waals surface area contributed by atoms with Crippen molar-refractivity contribution in [3.8, 4) is 11.5 Å². The topological polar surface area (TPSA) is 83.6 Å². The molecule has 0 bridgehead atoms. The van der Waals surface area contributed by atoms with Crippen LogP contribution in [-0.2, 0) is 28.5 Å². The van der Waals surface area contributed by atoms with Crippen LogP contribution in [0.1, 0.15) is 114 Å². The summed E-state index contributed by atoms with van der Waals surface area (Å²) in [4.78, 5) is 8.58. The van der Waals surface area contributed by atoms with Crippen molar-refractivity contribution in [2.45, 2.75) is 122 Å². The molecule has 0 saturated heterocycles. The molecule has 1 amide bonds. The van der Waals surface area contributed by atoms with Crippen LogP contribution in [0.5, 0.6) is 11.5 Å². The molecule has 5 heteroatoms. The highest BCUT2D eigenvalue weighted by Gasteiger charge is 2.32. The fourth-order valence-corrected chi connectivity index (χ4v) is 5.88.